The second kappa shape index (κ2) is 7.29. The number of benzene rings is 1. The number of sulfonamides is 1. The molecule has 2 N–H and O–H groups in total. The highest BCUT2D eigenvalue weighted by Crippen LogP contribution is 2.19. The van der Waals surface area contributed by atoms with Crippen molar-refractivity contribution in [1.82, 2.24) is 14.5 Å². The first-order valence-corrected chi connectivity index (χ1v) is 9.63. The van der Waals surface area contributed by atoms with Crippen molar-refractivity contribution in [3.63, 3.8) is 0 Å². The topological polar surface area (TPSA) is 93.1 Å². The number of rotatable bonds is 6. The number of halogens is 3. The van der Waals surface area contributed by atoms with Crippen LogP contribution in [0.4, 0.5) is 14.5 Å². The zero-order valence-corrected chi connectivity index (χ0v) is 15.8. The summed E-state index contributed by atoms with van der Waals surface area (Å²) in [5, 5.41) is 6.40. The zero-order valence-electron chi connectivity index (χ0n) is 14.2. The molecule has 1 aromatic heterocycles. The van der Waals surface area contributed by atoms with E-state index in [0.717, 1.165) is 18.4 Å². The van der Waals surface area contributed by atoms with Crippen molar-refractivity contribution in [2.24, 2.45) is 0 Å². The maximum absolute atomic E-state index is 13.8. The maximum atomic E-state index is 13.8. The van der Waals surface area contributed by atoms with Gasteiger partial charge in [0, 0.05) is 18.2 Å². The van der Waals surface area contributed by atoms with Gasteiger partial charge in [-0.25, -0.2) is 21.9 Å². The largest absolute Gasteiger partial charge is 0.381 e. The minimum Gasteiger partial charge on any atom is -0.381 e. The van der Waals surface area contributed by atoms with Gasteiger partial charge in [-0.3, -0.25) is 4.79 Å². The lowest BCUT2D eigenvalue weighted by molar-refractivity contribution is 0.476. The summed E-state index contributed by atoms with van der Waals surface area (Å²) in [5.74, 6) is -1.75. The Hall–Kier alpha value is -2.04. The Balaban J connectivity index is 2.29. The van der Waals surface area contributed by atoms with Crippen LogP contribution in [0, 0.1) is 11.6 Å². The van der Waals surface area contributed by atoms with Crippen LogP contribution in [0.5, 0.6) is 0 Å². The Bertz CT molecular complexity index is 993. The molecule has 0 bridgehead atoms. The minimum atomic E-state index is -3.43. The summed E-state index contributed by atoms with van der Waals surface area (Å²) in [4.78, 5) is 12.3. The van der Waals surface area contributed by atoms with Crippen LogP contribution in [0.15, 0.2) is 29.2 Å². The second-order valence-corrected chi connectivity index (χ2v) is 8.42. The van der Waals surface area contributed by atoms with Gasteiger partial charge in [0.05, 0.1) is 18.1 Å². The average Bonchev–Trinajstić information content (AvgIpc) is 2.47. The molecule has 0 spiro atoms. The first-order chi connectivity index (χ1) is 11.9. The molecule has 0 unspecified atom stereocenters. The quantitative estimate of drug-likeness (QED) is 0.764. The average molecular weight is 407 g/mol. The van der Waals surface area contributed by atoms with Gasteiger partial charge in [0.15, 0.2) is 5.82 Å². The molecule has 26 heavy (non-hydrogen) atoms. The molecule has 11 heteroatoms. The molecule has 0 aliphatic carbocycles. The van der Waals surface area contributed by atoms with E-state index in [1.54, 1.807) is 13.8 Å². The summed E-state index contributed by atoms with van der Waals surface area (Å²) in [7, 11) is -3.43. The Kier molecular flexibility index (Phi) is 5.69. The van der Waals surface area contributed by atoms with Crippen LogP contribution in [0.1, 0.15) is 13.8 Å². The fourth-order valence-electron chi connectivity index (χ4n) is 2.23. The highest BCUT2D eigenvalue weighted by molar-refractivity contribution is 7.88. The lowest BCUT2D eigenvalue weighted by Crippen LogP contribution is -2.47. The monoisotopic (exact) mass is 406 g/mol. The summed E-state index contributed by atoms with van der Waals surface area (Å²) in [5.41, 5.74) is -1.77. The van der Waals surface area contributed by atoms with E-state index in [2.05, 4.69) is 15.1 Å². The Labute approximate surface area is 154 Å². The Morgan fingerprint density at radius 2 is 1.96 bits per heavy atom. The van der Waals surface area contributed by atoms with E-state index in [-0.39, 0.29) is 22.9 Å². The van der Waals surface area contributed by atoms with Gasteiger partial charge in [-0.1, -0.05) is 11.6 Å². The first-order valence-electron chi connectivity index (χ1n) is 7.36. The lowest BCUT2D eigenvalue weighted by Gasteiger charge is -2.26. The standard InChI is InChI=1S/C15H17ClF2N4O3S/c1-15(2,21-26(3,24)25)8-19-11-7-20-22(14(23)13(11)16)12-5-4-9(17)6-10(12)18/h4-7,19,21H,8H2,1-3H3. The molecular weight excluding hydrogens is 390 g/mol. The molecule has 0 saturated carbocycles. The van der Waals surface area contributed by atoms with Gasteiger partial charge in [0.1, 0.15) is 16.5 Å². The molecule has 0 fully saturated rings. The van der Waals surface area contributed by atoms with E-state index >= 15 is 0 Å². The van der Waals surface area contributed by atoms with E-state index in [1.807, 2.05) is 0 Å². The summed E-state index contributed by atoms with van der Waals surface area (Å²) >= 11 is 6.02. The zero-order chi connectivity index (χ0) is 19.7. The van der Waals surface area contributed by atoms with Crippen molar-refractivity contribution in [1.29, 1.82) is 0 Å². The molecule has 2 aromatic rings. The van der Waals surface area contributed by atoms with Gasteiger partial charge in [-0.05, 0) is 26.0 Å². The van der Waals surface area contributed by atoms with E-state index in [1.165, 1.54) is 6.20 Å². The van der Waals surface area contributed by atoms with Crippen LogP contribution in [0.3, 0.4) is 0 Å². The second-order valence-electron chi connectivity index (χ2n) is 6.30. The Morgan fingerprint density at radius 1 is 1.31 bits per heavy atom. The molecular formula is C15H17ClF2N4O3S. The van der Waals surface area contributed by atoms with Gasteiger partial charge in [-0.15, -0.1) is 0 Å². The van der Waals surface area contributed by atoms with E-state index in [9.17, 15) is 22.0 Å². The summed E-state index contributed by atoms with van der Waals surface area (Å²) in [6.07, 6.45) is 2.23. The number of nitrogens with one attached hydrogen (secondary N) is 2. The van der Waals surface area contributed by atoms with E-state index < -0.39 is 32.8 Å². The fraction of sp³-hybridized carbons (Fsp3) is 0.333. The summed E-state index contributed by atoms with van der Waals surface area (Å²) in [6.45, 7) is 3.38. The maximum Gasteiger partial charge on any atom is 0.292 e. The fourth-order valence-corrected chi connectivity index (χ4v) is 3.51. The van der Waals surface area contributed by atoms with Crippen molar-refractivity contribution in [3.8, 4) is 5.69 Å². The molecule has 1 heterocycles. The molecule has 0 saturated heterocycles. The van der Waals surface area contributed by atoms with Crippen LogP contribution >= 0.6 is 11.6 Å². The van der Waals surface area contributed by atoms with Crippen molar-refractivity contribution in [2.45, 2.75) is 19.4 Å². The molecule has 1 aromatic carbocycles. The van der Waals surface area contributed by atoms with Crippen LogP contribution < -0.4 is 15.6 Å². The highest BCUT2D eigenvalue weighted by atomic mass is 35.5. The summed E-state index contributed by atoms with van der Waals surface area (Å²) < 4.78 is 52.7. The lowest BCUT2D eigenvalue weighted by atomic mass is 10.1. The molecule has 0 radical (unpaired) electrons. The van der Waals surface area contributed by atoms with Crippen molar-refractivity contribution in [2.75, 3.05) is 18.1 Å². The van der Waals surface area contributed by atoms with Gasteiger partial charge < -0.3 is 5.32 Å². The first kappa shape index (κ1) is 20.3. The number of nitrogens with zero attached hydrogens (tertiary/aromatic N) is 2. The van der Waals surface area contributed by atoms with Crippen molar-refractivity contribution < 1.29 is 17.2 Å². The van der Waals surface area contributed by atoms with Crippen LogP contribution in [0.2, 0.25) is 5.02 Å². The van der Waals surface area contributed by atoms with Crippen LogP contribution in [0.25, 0.3) is 5.69 Å². The Morgan fingerprint density at radius 3 is 2.54 bits per heavy atom. The van der Waals surface area contributed by atoms with Gasteiger partial charge in [0.25, 0.3) is 5.56 Å². The normalized spacial score (nSPS) is 12.2. The molecule has 0 aliphatic heterocycles. The number of hydrogen-bond acceptors (Lipinski definition) is 5. The number of hydrogen-bond donors (Lipinski definition) is 2. The third-order valence-corrected chi connectivity index (χ3v) is 4.53. The van der Waals surface area contributed by atoms with E-state index in [4.69, 9.17) is 11.6 Å². The van der Waals surface area contributed by atoms with Gasteiger partial charge in [-0.2, -0.15) is 9.78 Å². The molecule has 142 valence electrons. The molecule has 0 aliphatic rings. The smallest absolute Gasteiger partial charge is 0.292 e. The predicted octanol–water partition coefficient (Wildman–Crippen LogP) is 1.90. The minimum absolute atomic E-state index is 0.107. The number of aromatic nitrogens is 2. The van der Waals surface area contributed by atoms with Crippen LogP contribution in [-0.2, 0) is 10.0 Å². The summed E-state index contributed by atoms with van der Waals surface area (Å²) in [6, 6.07) is 2.69. The SMILES string of the molecule is CC(C)(CNc1cnn(-c2ccc(F)cc2F)c(=O)c1Cl)NS(C)(=O)=O. The molecule has 0 amide bonds. The van der Waals surface area contributed by atoms with Gasteiger partial charge in [0.2, 0.25) is 10.0 Å². The molecule has 0 atom stereocenters. The van der Waals surface area contributed by atoms with E-state index in [0.29, 0.717) is 10.7 Å². The van der Waals surface area contributed by atoms with Crippen molar-refractivity contribution in [3.05, 3.63) is 51.4 Å². The molecule has 2 rings (SSSR count). The highest BCUT2D eigenvalue weighted by Gasteiger charge is 2.23. The number of anilines is 1. The van der Waals surface area contributed by atoms with Crippen LogP contribution in [-0.4, -0.2) is 36.5 Å². The third-order valence-electron chi connectivity index (χ3n) is 3.24. The molecule has 7 nitrogen and oxygen atoms in total. The van der Waals surface area contributed by atoms with Gasteiger partial charge >= 0.3 is 0 Å². The van der Waals surface area contributed by atoms with Crippen molar-refractivity contribution >= 4 is 27.3 Å². The predicted molar refractivity (Wildman–Crippen MR) is 95.3 cm³/mol. The third kappa shape index (κ3) is 4.99.